The summed E-state index contributed by atoms with van der Waals surface area (Å²) in [4.78, 5) is 2.17. The maximum absolute atomic E-state index is 6.65. The van der Waals surface area contributed by atoms with Crippen molar-refractivity contribution in [3.8, 4) is 0 Å². The van der Waals surface area contributed by atoms with E-state index >= 15 is 0 Å². The number of halogens is 1. The molecule has 1 unspecified atom stereocenters. The lowest BCUT2D eigenvalue weighted by Gasteiger charge is -2.39. The maximum Gasteiger partial charge on any atom is 0.0699 e. The number of nitrogens with two attached hydrogens (primary N) is 1. The van der Waals surface area contributed by atoms with Crippen LogP contribution in [-0.2, 0) is 6.54 Å². The number of aromatic nitrogens is 2. The third kappa shape index (κ3) is 3.43. The molecule has 1 aromatic rings. The standard InChI is InChI=1S/C15H27BrN4/c1-15(7-5-4-6-8-15)14(17)13-12(16)11-18-20(13)10-9-19(2)3/h11,14H,4-10,17H2,1-3H3. The van der Waals surface area contributed by atoms with E-state index in [1.54, 1.807) is 0 Å². The van der Waals surface area contributed by atoms with Gasteiger partial charge in [0.1, 0.15) is 0 Å². The molecule has 0 radical (unpaired) electrons. The minimum absolute atomic E-state index is 0.0573. The van der Waals surface area contributed by atoms with Crippen LogP contribution in [0.15, 0.2) is 10.7 Å². The van der Waals surface area contributed by atoms with Crippen molar-refractivity contribution in [1.82, 2.24) is 14.7 Å². The number of hydrogen-bond donors (Lipinski definition) is 1. The molecule has 0 aromatic carbocycles. The zero-order chi connectivity index (χ0) is 14.8. The second-order valence-electron chi connectivity index (χ2n) is 6.60. The van der Waals surface area contributed by atoms with Crippen LogP contribution in [0.25, 0.3) is 0 Å². The highest BCUT2D eigenvalue weighted by Crippen LogP contribution is 2.45. The van der Waals surface area contributed by atoms with Gasteiger partial charge in [0, 0.05) is 6.54 Å². The van der Waals surface area contributed by atoms with Crippen LogP contribution in [0, 0.1) is 5.41 Å². The van der Waals surface area contributed by atoms with Crippen molar-refractivity contribution in [2.75, 3.05) is 20.6 Å². The Hall–Kier alpha value is -0.390. The highest BCUT2D eigenvalue weighted by atomic mass is 79.9. The van der Waals surface area contributed by atoms with Gasteiger partial charge in [-0.15, -0.1) is 0 Å². The van der Waals surface area contributed by atoms with Gasteiger partial charge in [0.25, 0.3) is 0 Å². The summed E-state index contributed by atoms with van der Waals surface area (Å²) in [6.45, 7) is 4.20. The fourth-order valence-electron chi connectivity index (χ4n) is 3.15. The maximum atomic E-state index is 6.65. The van der Waals surface area contributed by atoms with Gasteiger partial charge in [0.05, 0.1) is 29.0 Å². The van der Waals surface area contributed by atoms with Gasteiger partial charge in [-0.05, 0) is 48.3 Å². The lowest BCUT2D eigenvalue weighted by Crippen LogP contribution is -2.36. The second kappa shape index (κ2) is 6.58. The number of rotatable bonds is 5. The van der Waals surface area contributed by atoms with E-state index < -0.39 is 0 Å². The molecule has 1 atom stereocenters. The topological polar surface area (TPSA) is 47.1 Å². The van der Waals surface area contributed by atoms with Gasteiger partial charge in [-0.2, -0.15) is 5.10 Å². The lowest BCUT2D eigenvalue weighted by molar-refractivity contribution is 0.163. The Labute approximate surface area is 130 Å². The summed E-state index contributed by atoms with van der Waals surface area (Å²) in [5, 5.41) is 4.50. The summed E-state index contributed by atoms with van der Waals surface area (Å²) in [6.07, 6.45) is 8.28. The zero-order valence-corrected chi connectivity index (χ0v) is 14.5. The minimum Gasteiger partial charge on any atom is -0.322 e. The molecule has 1 aliphatic rings. The molecule has 114 valence electrons. The largest absolute Gasteiger partial charge is 0.322 e. The van der Waals surface area contributed by atoms with Crippen LogP contribution in [0.3, 0.4) is 0 Å². The van der Waals surface area contributed by atoms with Gasteiger partial charge >= 0.3 is 0 Å². The van der Waals surface area contributed by atoms with Crippen LogP contribution in [-0.4, -0.2) is 35.3 Å². The van der Waals surface area contributed by atoms with Crippen LogP contribution in [0.5, 0.6) is 0 Å². The first-order chi connectivity index (χ1) is 9.44. The second-order valence-corrected chi connectivity index (χ2v) is 7.45. The average Bonchev–Trinajstić information content (AvgIpc) is 2.77. The quantitative estimate of drug-likeness (QED) is 0.893. The Kier molecular flexibility index (Phi) is 5.26. The minimum atomic E-state index is 0.0573. The van der Waals surface area contributed by atoms with Gasteiger partial charge in [-0.1, -0.05) is 26.2 Å². The first-order valence-corrected chi connectivity index (χ1v) is 8.35. The Morgan fingerprint density at radius 3 is 2.65 bits per heavy atom. The molecular weight excluding hydrogens is 316 g/mol. The number of hydrogen-bond acceptors (Lipinski definition) is 3. The Bertz CT molecular complexity index is 435. The average molecular weight is 343 g/mol. The molecular formula is C15H27BrN4. The predicted octanol–water partition coefficient (Wildman–Crippen LogP) is 3.18. The SMILES string of the molecule is CN(C)CCn1ncc(Br)c1C(N)C1(C)CCCCC1. The highest BCUT2D eigenvalue weighted by Gasteiger charge is 2.36. The van der Waals surface area contributed by atoms with Crippen molar-refractivity contribution in [3.05, 3.63) is 16.4 Å². The molecule has 1 aromatic heterocycles. The third-order valence-corrected chi connectivity index (χ3v) is 5.24. The Morgan fingerprint density at radius 2 is 2.05 bits per heavy atom. The Balaban J connectivity index is 2.19. The molecule has 2 N–H and O–H groups in total. The van der Waals surface area contributed by atoms with Gasteiger partial charge in [0.2, 0.25) is 0 Å². The van der Waals surface area contributed by atoms with Crippen molar-refractivity contribution in [2.45, 2.75) is 51.6 Å². The van der Waals surface area contributed by atoms with Crippen molar-refractivity contribution in [3.63, 3.8) is 0 Å². The summed E-state index contributed by atoms with van der Waals surface area (Å²) >= 11 is 3.64. The zero-order valence-electron chi connectivity index (χ0n) is 12.9. The number of likely N-dealkylation sites (N-methyl/N-ethyl adjacent to an activating group) is 1. The fraction of sp³-hybridized carbons (Fsp3) is 0.800. The highest BCUT2D eigenvalue weighted by molar-refractivity contribution is 9.10. The van der Waals surface area contributed by atoms with E-state index in [1.807, 2.05) is 6.20 Å². The molecule has 0 amide bonds. The summed E-state index contributed by atoms with van der Waals surface area (Å²) < 4.78 is 3.13. The first-order valence-electron chi connectivity index (χ1n) is 7.55. The van der Waals surface area contributed by atoms with Crippen LogP contribution < -0.4 is 5.73 Å². The molecule has 0 spiro atoms. The normalized spacial score (nSPS) is 20.3. The molecule has 0 aliphatic heterocycles. The van der Waals surface area contributed by atoms with Gasteiger partial charge in [-0.25, -0.2) is 0 Å². The molecule has 0 saturated heterocycles. The van der Waals surface area contributed by atoms with E-state index in [0.29, 0.717) is 0 Å². The smallest absolute Gasteiger partial charge is 0.0699 e. The van der Waals surface area contributed by atoms with E-state index in [-0.39, 0.29) is 11.5 Å². The molecule has 5 heteroatoms. The lowest BCUT2D eigenvalue weighted by atomic mass is 9.70. The van der Waals surface area contributed by atoms with Gasteiger partial charge in [-0.3, -0.25) is 4.68 Å². The van der Waals surface area contributed by atoms with Gasteiger partial charge in [0.15, 0.2) is 0 Å². The van der Waals surface area contributed by atoms with E-state index in [1.165, 1.54) is 32.1 Å². The molecule has 4 nitrogen and oxygen atoms in total. The van der Waals surface area contributed by atoms with Crippen molar-refractivity contribution < 1.29 is 0 Å². The molecule has 0 bridgehead atoms. The summed E-state index contributed by atoms with van der Waals surface area (Å²) in [7, 11) is 4.17. The molecule has 20 heavy (non-hydrogen) atoms. The van der Waals surface area contributed by atoms with E-state index in [2.05, 4.69) is 51.6 Å². The summed E-state index contributed by atoms with van der Waals surface area (Å²) in [6, 6.07) is 0.0573. The predicted molar refractivity (Wildman–Crippen MR) is 86.6 cm³/mol. The summed E-state index contributed by atoms with van der Waals surface area (Å²) in [5.41, 5.74) is 8.02. The van der Waals surface area contributed by atoms with E-state index in [4.69, 9.17) is 5.73 Å². The molecule has 1 heterocycles. The molecule has 1 fully saturated rings. The van der Waals surface area contributed by atoms with Crippen LogP contribution in [0.4, 0.5) is 0 Å². The fourth-order valence-corrected chi connectivity index (χ4v) is 3.70. The van der Waals surface area contributed by atoms with Crippen molar-refractivity contribution in [1.29, 1.82) is 0 Å². The molecule has 1 aliphatic carbocycles. The van der Waals surface area contributed by atoms with Crippen LogP contribution >= 0.6 is 15.9 Å². The summed E-state index contributed by atoms with van der Waals surface area (Å²) in [5.74, 6) is 0. The molecule has 2 rings (SSSR count). The van der Waals surface area contributed by atoms with Crippen molar-refractivity contribution >= 4 is 15.9 Å². The first kappa shape index (κ1) is 16.0. The van der Waals surface area contributed by atoms with E-state index in [9.17, 15) is 0 Å². The van der Waals surface area contributed by atoms with Crippen LogP contribution in [0.1, 0.15) is 50.8 Å². The third-order valence-electron chi connectivity index (χ3n) is 4.63. The van der Waals surface area contributed by atoms with Crippen molar-refractivity contribution in [2.24, 2.45) is 11.1 Å². The molecule has 1 saturated carbocycles. The van der Waals surface area contributed by atoms with E-state index in [0.717, 1.165) is 23.3 Å². The van der Waals surface area contributed by atoms with Crippen LogP contribution in [0.2, 0.25) is 0 Å². The monoisotopic (exact) mass is 342 g/mol. The van der Waals surface area contributed by atoms with Gasteiger partial charge < -0.3 is 10.6 Å². The number of nitrogens with zero attached hydrogens (tertiary/aromatic N) is 3. The Morgan fingerprint density at radius 1 is 1.40 bits per heavy atom.